The predicted molar refractivity (Wildman–Crippen MR) is 133 cm³/mol. The first kappa shape index (κ1) is 23.3. The van der Waals surface area contributed by atoms with Crippen LogP contribution in [0.5, 0.6) is 0 Å². The first-order valence-corrected chi connectivity index (χ1v) is 12.3. The number of benzene rings is 3. The third kappa shape index (κ3) is 5.02. The monoisotopic (exact) mass is 474 g/mol. The van der Waals surface area contributed by atoms with E-state index >= 15 is 0 Å². The Kier molecular flexibility index (Phi) is 6.51. The highest BCUT2D eigenvalue weighted by atomic mass is 32.2. The van der Waals surface area contributed by atoms with Gasteiger partial charge in [0, 0.05) is 30.2 Å². The Morgan fingerprint density at radius 1 is 0.971 bits per heavy atom. The van der Waals surface area contributed by atoms with Gasteiger partial charge in [-0.3, -0.25) is 9.52 Å². The SMILES string of the molecule is Cc1ccc(NS(=O)(=O)c2cc(C(=O)NCc3ccccc3-n3ccnc3C)ccc2C)cc1. The molecule has 1 aromatic heterocycles. The number of aromatic nitrogens is 2. The molecule has 3 aromatic carbocycles. The zero-order valence-electron chi connectivity index (χ0n) is 19.2. The molecule has 0 aliphatic carbocycles. The van der Waals surface area contributed by atoms with Gasteiger partial charge in [0.25, 0.3) is 15.9 Å². The molecular weight excluding hydrogens is 448 g/mol. The lowest BCUT2D eigenvalue weighted by atomic mass is 10.1. The summed E-state index contributed by atoms with van der Waals surface area (Å²) in [5.74, 6) is 0.483. The minimum atomic E-state index is -3.86. The number of anilines is 1. The number of rotatable bonds is 7. The second kappa shape index (κ2) is 9.52. The summed E-state index contributed by atoms with van der Waals surface area (Å²) in [5.41, 5.74) is 4.15. The van der Waals surface area contributed by atoms with Crippen molar-refractivity contribution in [3.63, 3.8) is 0 Å². The topological polar surface area (TPSA) is 93.1 Å². The summed E-state index contributed by atoms with van der Waals surface area (Å²) in [6.07, 6.45) is 3.59. The summed E-state index contributed by atoms with van der Waals surface area (Å²) in [5, 5.41) is 2.90. The van der Waals surface area contributed by atoms with Crippen molar-refractivity contribution in [2.75, 3.05) is 4.72 Å². The second-order valence-electron chi connectivity index (χ2n) is 8.11. The lowest BCUT2D eigenvalue weighted by Gasteiger charge is -2.14. The number of imidazole rings is 1. The molecule has 34 heavy (non-hydrogen) atoms. The molecule has 0 aliphatic rings. The van der Waals surface area contributed by atoms with E-state index in [1.54, 1.807) is 37.4 Å². The summed E-state index contributed by atoms with van der Waals surface area (Å²) < 4.78 is 30.6. The van der Waals surface area contributed by atoms with Crippen LogP contribution in [0.2, 0.25) is 0 Å². The van der Waals surface area contributed by atoms with Gasteiger partial charge >= 0.3 is 0 Å². The molecule has 1 amide bonds. The van der Waals surface area contributed by atoms with Crippen molar-refractivity contribution in [3.8, 4) is 5.69 Å². The van der Waals surface area contributed by atoms with Gasteiger partial charge in [0.15, 0.2) is 0 Å². The molecule has 0 saturated heterocycles. The number of para-hydroxylation sites is 1. The van der Waals surface area contributed by atoms with Crippen LogP contribution in [0.3, 0.4) is 0 Å². The Morgan fingerprint density at radius 2 is 1.71 bits per heavy atom. The second-order valence-corrected chi connectivity index (χ2v) is 9.76. The molecule has 8 heteroatoms. The molecule has 4 aromatic rings. The van der Waals surface area contributed by atoms with Crippen LogP contribution < -0.4 is 10.0 Å². The highest BCUT2D eigenvalue weighted by molar-refractivity contribution is 7.92. The summed E-state index contributed by atoms with van der Waals surface area (Å²) in [6, 6.07) is 19.5. The fraction of sp³-hybridized carbons (Fsp3) is 0.154. The van der Waals surface area contributed by atoms with Crippen molar-refractivity contribution in [2.45, 2.75) is 32.2 Å². The maximum Gasteiger partial charge on any atom is 0.262 e. The number of amides is 1. The van der Waals surface area contributed by atoms with Gasteiger partial charge in [0.1, 0.15) is 5.82 Å². The van der Waals surface area contributed by atoms with E-state index in [1.807, 2.05) is 61.0 Å². The zero-order valence-corrected chi connectivity index (χ0v) is 20.1. The fourth-order valence-corrected chi connectivity index (χ4v) is 5.00. The number of hydrogen-bond acceptors (Lipinski definition) is 4. The smallest absolute Gasteiger partial charge is 0.262 e. The molecule has 0 radical (unpaired) electrons. The van der Waals surface area contributed by atoms with Crippen LogP contribution in [0.1, 0.15) is 32.9 Å². The third-order valence-corrected chi connectivity index (χ3v) is 7.08. The van der Waals surface area contributed by atoms with E-state index in [2.05, 4.69) is 15.0 Å². The quantitative estimate of drug-likeness (QED) is 0.412. The molecular formula is C26H26N4O3S. The highest BCUT2D eigenvalue weighted by Gasteiger charge is 2.19. The van der Waals surface area contributed by atoms with Crippen molar-refractivity contribution in [2.24, 2.45) is 0 Å². The van der Waals surface area contributed by atoms with E-state index in [9.17, 15) is 13.2 Å². The maximum atomic E-state index is 13.0. The number of sulfonamides is 1. The molecule has 0 atom stereocenters. The summed E-state index contributed by atoms with van der Waals surface area (Å²) in [6.45, 7) is 5.83. The number of aryl methyl sites for hydroxylation is 3. The van der Waals surface area contributed by atoms with Gasteiger partial charge in [-0.1, -0.05) is 42.0 Å². The molecule has 0 bridgehead atoms. The van der Waals surface area contributed by atoms with Crippen LogP contribution in [0, 0.1) is 20.8 Å². The van der Waals surface area contributed by atoms with Crippen molar-refractivity contribution in [3.05, 3.63) is 107 Å². The summed E-state index contributed by atoms with van der Waals surface area (Å²) >= 11 is 0. The Hall–Kier alpha value is -3.91. The van der Waals surface area contributed by atoms with Crippen molar-refractivity contribution < 1.29 is 13.2 Å². The molecule has 7 nitrogen and oxygen atoms in total. The Morgan fingerprint density at radius 3 is 2.41 bits per heavy atom. The van der Waals surface area contributed by atoms with E-state index < -0.39 is 10.0 Å². The van der Waals surface area contributed by atoms with Gasteiger partial charge in [0.05, 0.1) is 10.6 Å². The molecule has 1 heterocycles. The summed E-state index contributed by atoms with van der Waals surface area (Å²) in [4.78, 5) is 17.3. The van der Waals surface area contributed by atoms with E-state index in [0.717, 1.165) is 22.6 Å². The predicted octanol–water partition coefficient (Wildman–Crippen LogP) is 4.53. The van der Waals surface area contributed by atoms with E-state index in [1.165, 1.54) is 6.07 Å². The minimum Gasteiger partial charge on any atom is -0.348 e. The summed E-state index contributed by atoms with van der Waals surface area (Å²) in [7, 11) is -3.86. The van der Waals surface area contributed by atoms with Gasteiger partial charge < -0.3 is 9.88 Å². The van der Waals surface area contributed by atoms with Gasteiger partial charge in [-0.15, -0.1) is 0 Å². The van der Waals surface area contributed by atoms with Crippen LogP contribution in [0.4, 0.5) is 5.69 Å². The van der Waals surface area contributed by atoms with Crippen LogP contribution >= 0.6 is 0 Å². The number of hydrogen-bond donors (Lipinski definition) is 2. The lowest BCUT2D eigenvalue weighted by molar-refractivity contribution is 0.0950. The van der Waals surface area contributed by atoms with E-state index in [0.29, 0.717) is 11.3 Å². The third-order valence-electron chi connectivity index (χ3n) is 5.56. The van der Waals surface area contributed by atoms with Crippen LogP contribution in [0.15, 0.2) is 84.0 Å². The van der Waals surface area contributed by atoms with Crippen molar-refractivity contribution in [1.82, 2.24) is 14.9 Å². The van der Waals surface area contributed by atoms with Crippen LogP contribution in [-0.4, -0.2) is 23.9 Å². The average Bonchev–Trinajstić information content (AvgIpc) is 3.25. The Bertz CT molecular complexity index is 1440. The largest absolute Gasteiger partial charge is 0.348 e. The highest BCUT2D eigenvalue weighted by Crippen LogP contribution is 2.22. The maximum absolute atomic E-state index is 13.0. The zero-order chi connectivity index (χ0) is 24.3. The number of nitrogens with zero attached hydrogens (tertiary/aromatic N) is 2. The molecule has 0 fully saturated rings. The number of carbonyl (C=O) groups excluding carboxylic acids is 1. The van der Waals surface area contributed by atoms with Crippen molar-refractivity contribution >= 4 is 21.6 Å². The Balaban J connectivity index is 1.54. The number of carbonyl (C=O) groups is 1. The van der Waals surface area contributed by atoms with Gasteiger partial charge in [-0.25, -0.2) is 13.4 Å². The van der Waals surface area contributed by atoms with E-state index in [-0.39, 0.29) is 22.9 Å². The minimum absolute atomic E-state index is 0.0650. The van der Waals surface area contributed by atoms with Crippen LogP contribution in [-0.2, 0) is 16.6 Å². The average molecular weight is 475 g/mol. The molecule has 4 rings (SSSR count). The van der Waals surface area contributed by atoms with Gasteiger partial charge in [-0.05, 0) is 62.2 Å². The van der Waals surface area contributed by atoms with Gasteiger partial charge in [0.2, 0.25) is 0 Å². The molecule has 174 valence electrons. The van der Waals surface area contributed by atoms with Crippen molar-refractivity contribution in [1.29, 1.82) is 0 Å². The normalized spacial score (nSPS) is 11.3. The number of nitrogens with one attached hydrogen (secondary N) is 2. The first-order valence-electron chi connectivity index (χ1n) is 10.8. The van der Waals surface area contributed by atoms with Crippen LogP contribution in [0.25, 0.3) is 5.69 Å². The fourth-order valence-electron chi connectivity index (χ4n) is 3.67. The first-order chi connectivity index (χ1) is 16.2. The van der Waals surface area contributed by atoms with Gasteiger partial charge in [-0.2, -0.15) is 0 Å². The lowest BCUT2D eigenvalue weighted by Crippen LogP contribution is -2.24. The molecule has 0 saturated carbocycles. The molecule has 0 unspecified atom stereocenters. The molecule has 0 spiro atoms. The molecule has 2 N–H and O–H groups in total. The Labute approximate surface area is 199 Å². The van der Waals surface area contributed by atoms with E-state index in [4.69, 9.17) is 0 Å². The standard InChI is InChI=1S/C26H26N4O3S/c1-18-8-12-23(13-9-18)29-34(32,33)25-16-21(11-10-19(25)2)26(31)28-17-22-6-4-5-7-24(22)30-15-14-27-20(30)3/h4-16,29H,17H2,1-3H3,(H,28,31). The molecule has 0 aliphatic heterocycles.